The standard InChI is InChI=1S/C29H27NO5/c1-20-6-3-4-7-26(20)30-28(31)15-10-22-8-11-23(12-9-22)33-16-5-17-34-24-13-14-25-21(2)18-29(32)35-27(25)19-24/h3-4,6-15,18-19H,5,16-17H2,1-2H3,(H,30,31)/b15-10+. The van der Waals surface area contributed by atoms with Crippen LogP contribution in [0, 0.1) is 13.8 Å². The lowest BCUT2D eigenvalue weighted by atomic mass is 10.1. The topological polar surface area (TPSA) is 77.8 Å². The first-order chi connectivity index (χ1) is 17.0. The lowest BCUT2D eigenvalue weighted by Crippen LogP contribution is -2.08. The Morgan fingerprint density at radius 1 is 0.886 bits per heavy atom. The molecule has 0 fully saturated rings. The van der Waals surface area contributed by atoms with Crippen molar-refractivity contribution in [1.29, 1.82) is 0 Å². The summed E-state index contributed by atoms with van der Waals surface area (Å²) in [6.07, 6.45) is 3.97. The highest BCUT2D eigenvalue weighted by Gasteiger charge is 2.05. The molecule has 0 aliphatic carbocycles. The molecule has 35 heavy (non-hydrogen) atoms. The largest absolute Gasteiger partial charge is 0.493 e. The summed E-state index contributed by atoms with van der Waals surface area (Å²) in [5.74, 6) is 1.21. The van der Waals surface area contributed by atoms with Crippen LogP contribution < -0.4 is 20.4 Å². The van der Waals surface area contributed by atoms with Gasteiger partial charge in [0.15, 0.2) is 0 Å². The first-order valence-electron chi connectivity index (χ1n) is 11.4. The van der Waals surface area contributed by atoms with Crippen molar-refractivity contribution in [2.75, 3.05) is 18.5 Å². The molecule has 6 heteroatoms. The maximum absolute atomic E-state index is 12.2. The van der Waals surface area contributed by atoms with Crippen LogP contribution in [-0.2, 0) is 4.79 Å². The first-order valence-corrected chi connectivity index (χ1v) is 11.4. The van der Waals surface area contributed by atoms with Crippen molar-refractivity contribution in [3.05, 3.63) is 106 Å². The molecule has 4 aromatic rings. The molecule has 0 saturated carbocycles. The minimum atomic E-state index is -0.368. The summed E-state index contributed by atoms with van der Waals surface area (Å²) in [6, 6.07) is 22.2. The zero-order valence-corrected chi connectivity index (χ0v) is 19.7. The number of fused-ring (bicyclic) bond motifs is 1. The number of hydrogen-bond acceptors (Lipinski definition) is 5. The Labute approximate surface area is 203 Å². The van der Waals surface area contributed by atoms with Crippen LogP contribution >= 0.6 is 0 Å². The fourth-order valence-electron chi connectivity index (χ4n) is 3.57. The van der Waals surface area contributed by atoms with Crippen molar-refractivity contribution in [1.82, 2.24) is 0 Å². The predicted molar refractivity (Wildman–Crippen MR) is 138 cm³/mol. The number of carbonyl (C=O) groups excluding carboxylic acids is 1. The zero-order valence-electron chi connectivity index (χ0n) is 19.7. The van der Waals surface area contributed by atoms with E-state index in [4.69, 9.17) is 13.9 Å². The molecule has 4 rings (SSSR count). The number of amides is 1. The van der Waals surface area contributed by atoms with Crippen LogP contribution in [0.5, 0.6) is 11.5 Å². The summed E-state index contributed by atoms with van der Waals surface area (Å²) in [7, 11) is 0. The molecule has 1 aromatic heterocycles. The third-order valence-corrected chi connectivity index (χ3v) is 5.46. The normalized spacial score (nSPS) is 11.0. The maximum Gasteiger partial charge on any atom is 0.336 e. The third kappa shape index (κ3) is 6.60. The summed E-state index contributed by atoms with van der Waals surface area (Å²) in [5, 5.41) is 3.77. The number of aryl methyl sites for hydroxylation is 2. The van der Waals surface area contributed by atoms with E-state index >= 15 is 0 Å². The summed E-state index contributed by atoms with van der Waals surface area (Å²) >= 11 is 0. The first kappa shape index (κ1) is 23.8. The average Bonchev–Trinajstić information content (AvgIpc) is 2.84. The second-order valence-electron chi connectivity index (χ2n) is 8.16. The Balaban J connectivity index is 1.20. The van der Waals surface area contributed by atoms with Gasteiger partial charge in [0.1, 0.15) is 17.1 Å². The molecular formula is C29H27NO5. The Kier molecular flexibility index (Phi) is 7.63. The van der Waals surface area contributed by atoms with Gasteiger partial charge in [0.25, 0.3) is 0 Å². The highest BCUT2D eigenvalue weighted by molar-refractivity contribution is 6.02. The van der Waals surface area contributed by atoms with E-state index in [2.05, 4.69) is 5.32 Å². The highest BCUT2D eigenvalue weighted by atomic mass is 16.5. The van der Waals surface area contributed by atoms with Gasteiger partial charge >= 0.3 is 5.63 Å². The average molecular weight is 470 g/mol. The summed E-state index contributed by atoms with van der Waals surface area (Å²) < 4.78 is 16.8. The van der Waals surface area contributed by atoms with Gasteiger partial charge in [-0.15, -0.1) is 0 Å². The van der Waals surface area contributed by atoms with Gasteiger partial charge in [-0.05, 0) is 66.9 Å². The van der Waals surface area contributed by atoms with E-state index in [9.17, 15) is 9.59 Å². The minimum Gasteiger partial charge on any atom is -0.493 e. The number of carbonyl (C=O) groups is 1. The zero-order chi connectivity index (χ0) is 24.6. The van der Waals surface area contributed by atoms with E-state index in [1.165, 1.54) is 12.1 Å². The fraction of sp³-hybridized carbons (Fsp3) is 0.172. The molecule has 1 N–H and O–H groups in total. The van der Waals surface area contributed by atoms with Crippen molar-refractivity contribution in [2.24, 2.45) is 0 Å². The van der Waals surface area contributed by atoms with Crippen LogP contribution in [0.2, 0.25) is 0 Å². The van der Waals surface area contributed by atoms with Gasteiger partial charge in [-0.25, -0.2) is 4.79 Å². The van der Waals surface area contributed by atoms with E-state index in [0.29, 0.717) is 31.0 Å². The van der Waals surface area contributed by atoms with Gasteiger partial charge in [-0.2, -0.15) is 0 Å². The van der Waals surface area contributed by atoms with Crippen molar-refractivity contribution in [3.63, 3.8) is 0 Å². The van der Waals surface area contributed by atoms with Crippen molar-refractivity contribution in [3.8, 4) is 11.5 Å². The van der Waals surface area contributed by atoms with E-state index < -0.39 is 0 Å². The van der Waals surface area contributed by atoms with Crippen LogP contribution in [0.15, 0.2) is 88.1 Å². The smallest absolute Gasteiger partial charge is 0.336 e. The molecule has 1 amide bonds. The number of para-hydroxylation sites is 1. The van der Waals surface area contributed by atoms with Gasteiger partial charge in [0.05, 0.1) is 13.2 Å². The lowest BCUT2D eigenvalue weighted by molar-refractivity contribution is -0.111. The van der Waals surface area contributed by atoms with Gasteiger partial charge < -0.3 is 19.2 Å². The Bertz CT molecular complexity index is 1400. The van der Waals surface area contributed by atoms with Crippen LogP contribution in [0.1, 0.15) is 23.1 Å². The predicted octanol–water partition coefficient (Wildman–Crippen LogP) is 5.91. The summed E-state index contributed by atoms with van der Waals surface area (Å²) in [4.78, 5) is 23.7. The van der Waals surface area contributed by atoms with Crippen molar-refractivity contribution in [2.45, 2.75) is 20.3 Å². The number of nitrogens with one attached hydrogen (secondary N) is 1. The second kappa shape index (κ2) is 11.2. The molecule has 3 aromatic carbocycles. The SMILES string of the molecule is Cc1ccccc1NC(=O)/C=C/c1ccc(OCCCOc2ccc3c(C)cc(=O)oc3c2)cc1. The third-order valence-electron chi connectivity index (χ3n) is 5.46. The Morgan fingerprint density at radius 3 is 2.37 bits per heavy atom. The van der Waals surface area contributed by atoms with Crippen LogP contribution in [0.4, 0.5) is 5.69 Å². The number of ether oxygens (including phenoxy) is 2. The number of rotatable bonds is 9. The van der Waals surface area contributed by atoms with E-state index in [-0.39, 0.29) is 11.5 Å². The summed E-state index contributed by atoms with van der Waals surface area (Å²) in [6.45, 7) is 4.80. The van der Waals surface area contributed by atoms with Crippen LogP contribution in [-0.4, -0.2) is 19.1 Å². The van der Waals surface area contributed by atoms with E-state index in [0.717, 1.165) is 33.5 Å². The van der Waals surface area contributed by atoms with Gasteiger partial charge in [0, 0.05) is 35.7 Å². The van der Waals surface area contributed by atoms with Crippen LogP contribution in [0.3, 0.4) is 0 Å². The second-order valence-corrected chi connectivity index (χ2v) is 8.16. The number of anilines is 1. The Morgan fingerprint density at radius 2 is 1.60 bits per heavy atom. The molecule has 0 aliphatic rings. The molecule has 0 spiro atoms. The van der Waals surface area contributed by atoms with Crippen LogP contribution in [0.25, 0.3) is 17.0 Å². The molecule has 0 bridgehead atoms. The minimum absolute atomic E-state index is 0.177. The van der Waals surface area contributed by atoms with Crippen molar-refractivity contribution >= 4 is 28.6 Å². The van der Waals surface area contributed by atoms with Gasteiger partial charge in [0.2, 0.25) is 5.91 Å². The molecule has 6 nitrogen and oxygen atoms in total. The van der Waals surface area contributed by atoms with Gasteiger partial charge in [-0.1, -0.05) is 30.3 Å². The maximum atomic E-state index is 12.2. The molecular weight excluding hydrogens is 442 g/mol. The molecule has 1 heterocycles. The van der Waals surface area contributed by atoms with E-state index in [1.807, 2.05) is 74.5 Å². The number of hydrogen-bond donors (Lipinski definition) is 1. The van der Waals surface area contributed by atoms with Crippen molar-refractivity contribution < 1.29 is 18.7 Å². The van der Waals surface area contributed by atoms with Gasteiger partial charge in [-0.3, -0.25) is 4.79 Å². The highest BCUT2D eigenvalue weighted by Crippen LogP contribution is 2.22. The molecule has 178 valence electrons. The lowest BCUT2D eigenvalue weighted by Gasteiger charge is -2.09. The molecule has 0 unspecified atom stereocenters. The molecule has 0 radical (unpaired) electrons. The molecule has 0 aliphatic heterocycles. The fourth-order valence-corrected chi connectivity index (χ4v) is 3.57. The number of benzene rings is 3. The molecule has 0 atom stereocenters. The molecule has 0 saturated heterocycles. The Hall–Kier alpha value is -4.32. The monoisotopic (exact) mass is 469 g/mol. The summed E-state index contributed by atoms with van der Waals surface area (Å²) in [5.41, 5.74) is 3.75. The van der Waals surface area contributed by atoms with E-state index in [1.54, 1.807) is 12.1 Å². The quantitative estimate of drug-likeness (QED) is 0.187.